The van der Waals surface area contributed by atoms with Crippen LogP contribution >= 0.6 is 12.4 Å². The number of nitrogens with two attached hydrogens (primary N) is 1. The Balaban J connectivity index is 0.00000144. The van der Waals surface area contributed by atoms with Crippen molar-refractivity contribution in [2.24, 2.45) is 5.73 Å². The third-order valence-electron chi connectivity index (χ3n) is 2.37. The van der Waals surface area contributed by atoms with Gasteiger partial charge >= 0.3 is 0 Å². The highest BCUT2D eigenvalue weighted by molar-refractivity contribution is 5.85. The Kier molecular flexibility index (Phi) is 5.76. The Hall–Kier alpha value is -0.530. The summed E-state index contributed by atoms with van der Waals surface area (Å²) in [6.45, 7) is 5.12. The molecule has 0 fully saturated rings. The summed E-state index contributed by atoms with van der Waals surface area (Å²) < 4.78 is 0. The summed E-state index contributed by atoms with van der Waals surface area (Å²) in [5, 5.41) is 0. The highest BCUT2D eigenvalue weighted by Gasteiger charge is 1.98. The van der Waals surface area contributed by atoms with Crippen molar-refractivity contribution in [1.29, 1.82) is 0 Å². The van der Waals surface area contributed by atoms with Gasteiger partial charge in [0.1, 0.15) is 0 Å². The van der Waals surface area contributed by atoms with Crippen molar-refractivity contribution in [3.63, 3.8) is 0 Å². The van der Waals surface area contributed by atoms with E-state index in [9.17, 15) is 0 Å². The molecule has 0 saturated carbocycles. The zero-order valence-corrected chi connectivity index (χ0v) is 9.16. The number of aryl methyl sites for hydroxylation is 2. The number of hydrogen-bond acceptors (Lipinski definition) is 1. The highest BCUT2D eigenvalue weighted by atomic mass is 35.5. The van der Waals surface area contributed by atoms with Crippen LogP contribution in [0.4, 0.5) is 0 Å². The highest BCUT2D eigenvalue weighted by Crippen LogP contribution is 2.13. The largest absolute Gasteiger partial charge is 0.330 e. The molecule has 0 radical (unpaired) electrons. The van der Waals surface area contributed by atoms with E-state index in [0.29, 0.717) is 0 Å². The molecule has 13 heavy (non-hydrogen) atoms. The lowest BCUT2D eigenvalue weighted by Crippen LogP contribution is -2.01. The van der Waals surface area contributed by atoms with E-state index in [1.165, 1.54) is 16.7 Å². The fourth-order valence-corrected chi connectivity index (χ4v) is 1.38. The number of hydrogen-bond donors (Lipinski definition) is 1. The van der Waals surface area contributed by atoms with Crippen LogP contribution < -0.4 is 5.73 Å². The zero-order chi connectivity index (χ0) is 8.97. The Morgan fingerprint density at radius 2 is 1.92 bits per heavy atom. The molecule has 0 aromatic heterocycles. The van der Waals surface area contributed by atoms with Gasteiger partial charge in [0, 0.05) is 0 Å². The Bertz CT molecular complexity index is 258. The molecule has 74 valence electrons. The van der Waals surface area contributed by atoms with Crippen LogP contribution in [0.1, 0.15) is 23.1 Å². The van der Waals surface area contributed by atoms with Crippen LogP contribution in [0.5, 0.6) is 0 Å². The van der Waals surface area contributed by atoms with Gasteiger partial charge in [0.25, 0.3) is 0 Å². The average Bonchev–Trinajstić information content (AvgIpc) is 2.08. The first kappa shape index (κ1) is 12.5. The summed E-state index contributed by atoms with van der Waals surface area (Å²) in [6, 6.07) is 6.47. The van der Waals surface area contributed by atoms with Gasteiger partial charge in [0.2, 0.25) is 0 Å². The standard InChI is InChI=1S/C11H17N.ClH/c1-9-5-3-6-11(10(9)2)7-4-8-12;/h3,5-6H,4,7-8,12H2,1-2H3;1H. The molecule has 0 bridgehead atoms. The summed E-state index contributed by atoms with van der Waals surface area (Å²) in [5.41, 5.74) is 9.71. The smallest absolute Gasteiger partial charge is 0.00741 e. The van der Waals surface area contributed by atoms with Crippen LogP contribution in [0.25, 0.3) is 0 Å². The second kappa shape index (κ2) is 6.01. The van der Waals surface area contributed by atoms with Gasteiger partial charge in [-0.2, -0.15) is 0 Å². The summed E-state index contributed by atoms with van der Waals surface area (Å²) in [4.78, 5) is 0. The SMILES string of the molecule is Cc1cccc(CCCN)c1C.Cl. The van der Waals surface area contributed by atoms with Gasteiger partial charge in [0.05, 0.1) is 0 Å². The zero-order valence-electron chi connectivity index (χ0n) is 8.34. The van der Waals surface area contributed by atoms with Gasteiger partial charge in [0.15, 0.2) is 0 Å². The van der Waals surface area contributed by atoms with Crippen molar-refractivity contribution in [3.05, 3.63) is 34.9 Å². The van der Waals surface area contributed by atoms with Crippen molar-refractivity contribution < 1.29 is 0 Å². The van der Waals surface area contributed by atoms with Crippen LogP contribution in [0.15, 0.2) is 18.2 Å². The van der Waals surface area contributed by atoms with E-state index in [0.717, 1.165) is 19.4 Å². The molecule has 1 nitrogen and oxygen atoms in total. The maximum Gasteiger partial charge on any atom is -0.00741 e. The van der Waals surface area contributed by atoms with Crippen LogP contribution in [0.3, 0.4) is 0 Å². The average molecular weight is 200 g/mol. The molecular formula is C11H18ClN. The van der Waals surface area contributed by atoms with Crippen molar-refractivity contribution in [3.8, 4) is 0 Å². The lowest BCUT2D eigenvalue weighted by Gasteiger charge is -2.06. The maximum atomic E-state index is 5.46. The van der Waals surface area contributed by atoms with Crippen LogP contribution in [-0.4, -0.2) is 6.54 Å². The minimum absolute atomic E-state index is 0. The van der Waals surface area contributed by atoms with Crippen molar-refractivity contribution in [2.75, 3.05) is 6.54 Å². The first-order chi connectivity index (χ1) is 5.75. The molecule has 1 aromatic rings. The summed E-state index contributed by atoms with van der Waals surface area (Å²) >= 11 is 0. The van der Waals surface area contributed by atoms with E-state index in [1.54, 1.807) is 0 Å². The minimum atomic E-state index is 0. The van der Waals surface area contributed by atoms with Crippen molar-refractivity contribution in [2.45, 2.75) is 26.7 Å². The molecule has 0 amide bonds. The lowest BCUT2D eigenvalue weighted by molar-refractivity contribution is 0.827. The van der Waals surface area contributed by atoms with Crippen LogP contribution in [-0.2, 0) is 6.42 Å². The first-order valence-electron chi connectivity index (χ1n) is 4.51. The van der Waals surface area contributed by atoms with E-state index in [2.05, 4.69) is 32.0 Å². The Labute approximate surface area is 86.7 Å². The van der Waals surface area contributed by atoms with E-state index < -0.39 is 0 Å². The molecule has 0 spiro atoms. The molecule has 0 aliphatic rings. The third kappa shape index (κ3) is 3.37. The van der Waals surface area contributed by atoms with Crippen LogP contribution in [0.2, 0.25) is 0 Å². The number of halogens is 1. The van der Waals surface area contributed by atoms with E-state index in [-0.39, 0.29) is 12.4 Å². The molecule has 2 N–H and O–H groups in total. The molecular weight excluding hydrogens is 182 g/mol. The molecule has 0 atom stereocenters. The quantitative estimate of drug-likeness (QED) is 0.796. The monoisotopic (exact) mass is 199 g/mol. The Morgan fingerprint density at radius 1 is 1.23 bits per heavy atom. The first-order valence-corrected chi connectivity index (χ1v) is 4.51. The van der Waals surface area contributed by atoms with E-state index in [1.807, 2.05) is 0 Å². The second-order valence-corrected chi connectivity index (χ2v) is 3.25. The minimum Gasteiger partial charge on any atom is -0.330 e. The second-order valence-electron chi connectivity index (χ2n) is 3.25. The molecule has 0 aliphatic carbocycles. The van der Waals surface area contributed by atoms with Gasteiger partial charge in [-0.1, -0.05) is 18.2 Å². The van der Waals surface area contributed by atoms with E-state index in [4.69, 9.17) is 5.73 Å². The number of rotatable bonds is 3. The predicted molar refractivity (Wildman–Crippen MR) is 60.5 cm³/mol. The molecule has 0 heterocycles. The van der Waals surface area contributed by atoms with Crippen LogP contribution in [0, 0.1) is 13.8 Å². The molecule has 0 unspecified atom stereocenters. The normalized spacial score (nSPS) is 9.46. The fraction of sp³-hybridized carbons (Fsp3) is 0.455. The summed E-state index contributed by atoms with van der Waals surface area (Å²) in [6.07, 6.45) is 2.20. The van der Waals surface area contributed by atoms with Gasteiger partial charge in [-0.25, -0.2) is 0 Å². The predicted octanol–water partition coefficient (Wildman–Crippen LogP) is 2.62. The maximum absolute atomic E-state index is 5.46. The molecule has 2 heteroatoms. The Morgan fingerprint density at radius 3 is 2.54 bits per heavy atom. The van der Waals surface area contributed by atoms with Gasteiger partial charge in [-0.05, 0) is 49.9 Å². The van der Waals surface area contributed by atoms with Gasteiger partial charge in [-0.15, -0.1) is 12.4 Å². The molecule has 1 rings (SSSR count). The number of benzene rings is 1. The van der Waals surface area contributed by atoms with E-state index >= 15 is 0 Å². The van der Waals surface area contributed by atoms with Crippen molar-refractivity contribution >= 4 is 12.4 Å². The molecule has 1 aromatic carbocycles. The summed E-state index contributed by atoms with van der Waals surface area (Å²) in [7, 11) is 0. The molecule has 0 aliphatic heterocycles. The lowest BCUT2D eigenvalue weighted by atomic mass is 10.00. The molecule has 0 saturated heterocycles. The van der Waals surface area contributed by atoms with Gasteiger partial charge < -0.3 is 5.73 Å². The van der Waals surface area contributed by atoms with Gasteiger partial charge in [-0.3, -0.25) is 0 Å². The fourth-order valence-electron chi connectivity index (χ4n) is 1.38. The third-order valence-corrected chi connectivity index (χ3v) is 2.37. The summed E-state index contributed by atoms with van der Waals surface area (Å²) in [5.74, 6) is 0. The van der Waals surface area contributed by atoms with Crippen molar-refractivity contribution in [1.82, 2.24) is 0 Å². The topological polar surface area (TPSA) is 26.0 Å².